The summed E-state index contributed by atoms with van der Waals surface area (Å²) in [5.74, 6) is 0.440. The smallest absolute Gasteiger partial charge is 0.270 e. The number of amides is 2. The lowest BCUT2D eigenvalue weighted by Gasteiger charge is -2.34. The summed E-state index contributed by atoms with van der Waals surface area (Å²) in [5, 5.41) is 4.06. The average molecular weight is 386 g/mol. The molecule has 1 atom stereocenters. The van der Waals surface area contributed by atoms with Crippen molar-refractivity contribution in [1.82, 2.24) is 15.2 Å². The number of piperidine rings is 1. The molecule has 28 heavy (non-hydrogen) atoms. The Labute approximate surface area is 166 Å². The third kappa shape index (κ3) is 4.93. The molecule has 0 spiro atoms. The molecular weight excluding hydrogens is 354 g/mol. The number of aromatic nitrogens is 1. The van der Waals surface area contributed by atoms with Gasteiger partial charge >= 0.3 is 0 Å². The summed E-state index contributed by atoms with van der Waals surface area (Å²) in [5.41, 5.74) is 1.62. The average Bonchev–Trinajstić information content (AvgIpc) is 3.17. The van der Waals surface area contributed by atoms with Crippen molar-refractivity contribution in [2.45, 2.75) is 33.1 Å². The Bertz CT molecular complexity index is 760. The molecule has 1 fully saturated rings. The fourth-order valence-electron chi connectivity index (χ4n) is 3.87. The molecule has 2 N–H and O–H groups in total. The van der Waals surface area contributed by atoms with E-state index in [2.05, 4.69) is 10.3 Å². The maximum absolute atomic E-state index is 12.8. The van der Waals surface area contributed by atoms with Gasteiger partial charge in [-0.15, -0.1) is 0 Å². The van der Waals surface area contributed by atoms with Gasteiger partial charge in [-0.1, -0.05) is 25.1 Å². The third-order valence-electron chi connectivity index (χ3n) is 5.68. The van der Waals surface area contributed by atoms with Crippen LogP contribution in [0.2, 0.25) is 0 Å². The van der Waals surface area contributed by atoms with Crippen LogP contribution in [0.4, 0.5) is 0 Å². The van der Waals surface area contributed by atoms with E-state index in [1.165, 1.54) is 0 Å². The number of H-pyrrole nitrogens is 1. The van der Waals surface area contributed by atoms with Crippen molar-refractivity contribution >= 4 is 22.7 Å². The molecule has 1 unspecified atom stereocenters. The molecule has 2 heterocycles. The summed E-state index contributed by atoms with van der Waals surface area (Å²) in [7, 11) is 0. The van der Waals surface area contributed by atoms with Crippen LogP contribution in [0, 0.1) is 11.8 Å². The van der Waals surface area contributed by atoms with Gasteiger partial charge in [-0.3, -0.25) is 9.59 Å². The molecule has 0 radical (unpaired) electrons. The van der Waals surface area contributed by atoms with Crippen LogP contribution in [0.5, 0.6) is 0 Å². The molecule has 1 aromatic heterocycles. The second-order valence-corrected chi connectivity index (χ2v) is 7.53. The van der Waals surface area contributed by atoms with E-state index in [1.807, 2.05) is 49.1 Å². The van der Waals surface area contributed by atoms with Crippen LogP contribution in [0.3, 0.4) is 0 Å². The predicted molar refractivity (Wildman–Crippen MR) is 110 cm³/mol. The summed E-state index contributed by atoms with van der Waals surface area (Å²) in [6, 6.07) is 9.83. The van der Waals surface area contributed by atoms with E-state index in [4.69, 9.17) is 4.74 Å². The zero-order valence-electron chi connectivity index (χ0n) is 16.9. The minimum absolute atomic E-state index is 0.0302. The zero-order valence-corrected chi connectivity index (χ0v) is 16.9. The van der Waals surface area contributed by atoms with Crippen LogP contribution in [0.1, 0.15) is 43.6 Å². The van der Waals surface area contributed by atoms with Gasteiger partial charge in [0.25, 0.3) is 5.91 Å². The number of nitrogens with zero attached hydrogens (tertiary/aromatic N) is 1. The predicted octanol–water partition coefficient (Wildman–Crippen LogP) is 3.20. The van der Waals surface area contributed by atoms with E-state index in [9.17, 15) is 9.59 Å². The molecule has 0 aliphatic carbocycles. The van der Waals surface area contributed by atoms with E-state index in [0.29, 0.717) is 44.5 Å². The lowest BCUT2D eigenvalue weighted by atomic mass is 9.84. The molecule has 1 aliphatic heterocycles. The monoisotopic (exact) mass is 385 g/mol. The number of ether oxygens (including phenoxy) is 1. The van der Waals surface area contributed by atoms with Crippen LogP contribution in [-0.4, -0.2) is 54.5 Å². The van der Waals surface area contributed by atoms with Crippen molar-refractivity contribution in [3.8, 4) is 0 Å². The molecule has 6 nitrogen and oxygen atoms in total. The number of para-hydroxylation sites is 1. The number of benzene rings is 1. The first kappa shape index (κ1) is 20.4. The van der Waals surface area contributed by atoms with Gasteiger partial charge < -0.3 is 19.9 Å². The molecule has 6 heteroatoms. The molecular formula is C22H31N3O3. The minimum atomic E-state index is -0.0302. The molecule has 2 aromatic rings. The van der Waals surface area contributed by atoms with E-state index in [0.717, 1.165) is 30.2 Å². The Morgan fingerprint density at radius 2 is 2.04 bits per heavy atom. The van der Waals surface area contributed by atoms with Crippen LogP contribution >= 0.6 is 0 Å². The van der Waals surface area contributed by atoms with Crippen LogP contribution in [0.25, 0.3) is 10.9 Å². The van der Waals surface area contributed by atoms with Crippen molar-refractivity contribution in [3.05, 3.63) is 36.0 Å². The number of fused-ring (bicyclic) bond motifs is 1. The van der Waals surface area contributed by atoms with E-state index >= 15 is 0 Å². The zero-order chi connectivity index (χ0) is 19.9. The summed E-state index contributed by atoms with van der Waals surface area (Å²) in [4.78, 5) is 30.3. The van der Waals surface area contributed by atoms with Crippen LogP contribution in [-0.2, 0) is 9.53 Å². The van der Waals surface area contributed by atoms with Crippen LogP contribution in [0.15, 0.2) is 30.3 Å². The molecule has 0 bridgehead atoms. The maximum Gasteiger partial charge on any atom is 0.270 e. The summed E-state index contributed by atoms with van der Waals surface area (Å²) >= 11 is 0. The van der Waals surface area contributed by atoms with E-state index < -0.39 is 0 Å². The lowest BCUT2D eigenvalue weighted by molar-refractivity contribution is -0.126. The highest BCUT2D eigenvalue weighted by Crippen LogP contribution is 2.26. The number of likely N-dealkylation sites (tertiary alicyclic amines) is 1. The Hall–Kier alpha value is -2.34. The number of aromatic amines is 1. The van der Waals surface area contributed by atoms with Gasteiger partial charge in [0, 0.05) is 49.7 Å². The molecule has 2 amide bonds. The van der Waals surface area contributed by atoms with Gasteiger partial charge in [0.05, 0.1) is 0 Å². The molecule has 1 aliphatic rings. The number of carbonyl (C=O) groups is 2. The highest BCUT2D eigenvalue weighted by Gasteiger charge is 2.30. The van der Waals surface area contributed by atoms with Gasteiger partial charge in [-0.25, -0.2) is 0 Å². The van der Waals surface area contributed by atoms with Gasteiger partial charge in [0.2, 0.25) is 5.91 Å². The standard InChI is InChI=1S/C22H31N3O3/c1-3-28-14-6-11-23-21(26)16(2)17-9-12-25(13-10-17)22(27)20-15-18-7-4-5-8-19(18)24-20/h4-5,7-8,15-17,24H,3,6,9-14H2,1-2H3,(H,23,26). The second kappa shape index (κ2) is 9.73. The molecule has 152 valence electrons. The topological polar surface area (TPSA) is 74.4 Å². The van der Waals surface area contributed by atoms with E-state index in [1.54, 1.807) is 0 Å². The molecule has 3 rings (SSSR count). The van der Waals surface area contributed by atoms with Crippen LogP contribution < -0.4 is 5.32 Å². The maximum atomic E-state index is 12.8. The fourth-order valence-corrected chi connectivity index (χ4v) is 3.87. The number of carbonyl (C=O) groups excluding carboxylic acids is 2. The summed E-state index contributed by atoms with van der Waals surface area (Å²) in [6.45, 7) is 7.40. The first-order chi connectivity index (χ1) is 13.6. The lowest BCUT2D eigenvalue weighted by Crippen LogP contribution is -2.43. The second-order valence-electron chi connectivity index (χ2n) is 7.53. The Morgan fingerprint density at radius 1 is 1.29 bits per heavy atom. The van der Waals surface area contributed by atoms with Gasteiger partial charge in [0.15, 0.2) is 0 Å². The molecule has 1 aromatic carbocycles. The normalized spacial score (nSPS) is 16.3. The first-order valence-corrected chi connectivity index (χ1v) is 10.3. The number of hydrogen-bond donors (Lipinski definition) is 2. The Balaban J connectivity index is 1.46. The van der Waals surface area contributed by atoms with Gasteiger partial charge in [-0.2, -0.15) is 0 Å². The van der Waals surface area contributed by atoms with Crippen molar-refractivity contribution in [1.29, 1.82) is 0 Å². The highest BCUT2D eigenvalue weighted by molar-refractivity contribution is 5.98. The van der Waals surface area contributed by atoms with Crippen molar-refractivity contribution < 1.29 is 14.3 Å². The highest BCUT2D eigenvalue weighted by atomic mass is 16.5. The largest absolute Gasteiger partial charge is 0.382 e. The summed E-state index contributed by atoms with van der Waals surface area (Å²) in [6.07, 6.45) is 2.56. The Morgan fingerprint density at radius 3 is 2.75 bits per heavy atom. The first-order valence-electron chi connectivity index (χ1n) is 10.3. The molecule has 0 saturated carbocycles. The number of nitrogens with one attached hydrogen (secondary N) is 2. The van der Waals surface area contributed by atoms with Gasteiger partial charge in [0.1, 0.15) is 5.69 Å². The SMILES string of the molecule is CCOCCCNC(=O)C(C)C1CCN(C(=O)c2cc3ccccc3[nH]2)CC1. The number of hydrogen-bond acceptors (Lipinski definition) is 3. The minimum Gasteiger partial charge on any atom is -0.382 e. The number of rotatable bonds is 8. The van der Waals surface area contributed by atoms with E-state index in [-0.39, 0.29) is 17.7 Å². The fraction of sp³-hybridized carbons (Fsp3) is 0.545. The summed E-state index contributed by atoms with van der Waals surface area (Å²) < 4.78 is 5.29. The third-order valence-corrected chi connectivity index (χ3v) is 5.68. The molecule has 1 saturated heterocycles. The van der Waals surface area contributed by atoms with Crippen molar-refractivity contribution in [3.63, 3.8) is 0 Å². The van der Waals surface area contributed by atoms with Gasteiger partial charge in [-0.05, 0) is 44.2 Å². The Kier molecular flexibility index (Phi) is 7.09. The van der Waals surface area contributed by atoms with Crippen molar-refractivity contribution in [2.24, 2.45) is 11.8 Å². The van der Waals surface area contributed by atoms with Crippen molar-refractivity contribution in [2.75, 3.05) is 32.8 Å². The quantitative estimate of drug-likeness (QED) is 0.685.